The molecule has 2 aromatic rings. The zero-order chi connectivity index (χ0) is 13.8. The van der Waals surface area contributed by atoms with Gasteiger partial charge in [-0.25, -0.2) is 0 Å². The molecule has 0 aliphatic heterocycles. The molecule has 1 atom stereocenters. The van der Waals surface area contributed by atoms with Gasteiger partial charge in [0.1, 0.15) is 0 Å². The first-order chi connectivity index (χ1) is 9.10. The first-order valence-corrected chi connectivity index (χ1v) is 6.57. The Morgan fingerprint density at radius 3 is 2.79 bits per heavy atom. The van der Waals surface area contributed by atoms with Gasteiger partial charge >= 0.3 is 0 Å². The van der Waals surface area contributed by atoms with Crippen LogP contribution in [-0.2, 0) is 6.54 Å². The number of hydrogen-bond acceptors (Lipinski definition) is 3. The average Bonchev–Trinajstić information content (AvgIpc) is 2.80. The zero-order valence-electron chi connectivity index (χ0n) is 11.7. The van der Waals surface area contributed by atoms with Crippen LogP contribution in [0, 0.1) is 13.8 Å². The highest BCUT2D eigenvalue weighted by atomic mass is 16.3. The summed E-state index contributed by atoms with van der Waals surface area (Å²) in [5.74, 6) is 0. The SMILES string of the molecule is Cc1ccc(C(C)Nc2cnn(CCO)c2)cc1C. The van der Waals surface area contributed by atoms with Crippen LogP contribution in [0.1, 0.15) is 29.7 Å². The van der Waals surface area contributed by atoms with Crippen LogP contribution in [-0.4, -0.2) is 21.5 Å². The van der Waals surface area contributed by atoms with Crippen LogP contribution < -0.4 is 5.32 Å². The van der Waals surface area contributed by atoms with Crippen molar-refractivity contribution in [3.63, 3.8) is 0 Å². The standard InChI is InChI=1S/C15H21N3O/c1-11-4-5-14(8-12(11)2)13(3)17-15-9-16-18(10-15)6-7-19/h4-5,8-10,13,17,19H,6-7H2,1-3H3. The molecule has 0 radical (unpaired) electrons. The smallest absolute Gasteiger partial charge is 0.0731 e. The van der Waals surface area contributed by atoms with Crippen molar-refractivity contribution in [2.24, 2.45) is 0 Å². The summed E-state index contributed by atoms with van der Waals surface area (Å²) in [4.78, 5) is 0. The lowest BCUT2D eigenvalue weighted by Crippen LogP contribution is -2.06. The molecular formula is C15H21N3O. The third-order valence-corrected chi connectivity index (χ3v) is 3.38. The Hall–Kier alpha value is -1.81. The molecular weight excluding hydrogens is 238 g/mol. The molecule has 0 bridgehead atoms. The van der Waals surface area contributed by atoms with Crippen molar-refractivity contribution in [2.45, 2.75) is 33.4 Å². The maximum atomic E-state index is 8.86. The number of hydrogen-bond donors (Lipinski definition) is 2. The molecule has 4 heteroatoms. The number of anilines is 1. The Morgan fingerprint density at radius 1 is 1.32 bits per heavy atom. The molecule has 2 rings (SSSR count). The van der Waals surface area contributed by atoms with Gasteiger partial charge in [0.25, 0.3) is 0 Å². The fourth-order valence-electron chi connectivity index (χ4n) is 2.03. The molecule has 1 heterocycles. The Morgan fingerprint density at radius 2 is 2.11 bits per heavy atom. The second kappa shape index (κ2) is 5.89. The highest BCUT2D eigenvalue weighted by molar-refractivity contribution is 5.42. The van der Waals surface area contributed by atoms with Gasteiger partial charge in [-0.3, -0.25) is 4.68 Å². The molecule has 1 aromatic heterocycles. The fraction of sp³-hybridized carbons (Fsp3) is 0.400. The molecule has 0 fully saturated rings. The second-order valence-corrected chi connectivity index (χ2v) is 4.93. The van der Waals surface area contributed by atoms with Gasteiger partial charge < -0.3 is 10.4 Å². The van der Waals surface area contributed by atoms with E-state index < -0.39 is 0 Å². The van der Waals surface area contributed by atoms with Gasteiger partial charge in [-0.2, -0.15) is 5.10 Å². The van der Waals surface area contributed by atoms with Gasteiger partial charge in [-0.1, -0.05) is 18.2 Å². The summed E-state index contributed by atoms with van der Waals surface area (Å²) in [7, 11) is 0. The number of aromatic nitrogens is 2. The van der Waals surface area contributed by atoms with Crippen LogP contribution in [0.15, 0.2) is 30.6 Å². The van der Waals surface area contributed by atoms with Crippen LogP contribution >= 0.6 is 0 Å². The maximum Gasteiger partial charge on any atom is 0.0731 e. The molecule has 0 saturated heterocycles. The van der Waals surface area contributed by atoms with E-state index in [0.29, 0.717) is 6.54 Å². The molecule has 0 aliphatic carbocycles. The Labute approximate surface area is 114 Å². The van der Waals surface area contributed by atoms with Crippen molar-refractivity contribution in [3.05, 3.63) is 47.3 Å². The maximum absolute atomic E-state index is 8.86. The summed E-state index contributed by atoms with van der Waals surface area (Å²) >= 11 is 0. The normalized spacial score (nSPS) is 12.4. The topological polar surface area (TPSA) is 50.1 Å². The molecule has 0 saturated carbocycles. The van der Waals surface area contributed by atoms with E-state index in [0.717, 1.165) is 5.69 Å². The minimum absolute atomic E-state index is 0.105. The van der Waals surface area contributed by atoms with E-state index >= 15 is 0 Å². The van der Waals surface area contributed by atoms with Crippen molar-refractivity contribution in [2.75, 3.05) is 11.9 Å². The number of aliphatic hydroxyl groups excluding tert-OH is 1. The van der Waals surface area contributed by atoms with E-state index in [9.17, 15) is 0 Å². The number of aryl methyl sites for hydroxylation is 2. The van der Waals surface area contributed by atoms with Crippen molar-refractivity contribution < 1.29 is 5.11 Å². The molecule has 2 N–H and O–H groups in total. The van der Waals surface area contributed by atoms with Crippen molar-refractivity contribution in [3.8, 4) is 0 Å². The first kappa shape index (κ1) is 13.6. The molecule has 0 spiro atoms. The molecule has 1 unspecified atom stereocenters. The molecule has 102 valence electrons. The lowest BCUT2D eigenvalue weighted by atomic mass is 10.0. The second-order valence-electron chi connectivity index (χ2n) is 4.93. The van der Waals surface area contributed by atoms with Crippen LogP contribution in [0.25, 0.3) is 0 Å². The predicted molar refractivity (Wildman–Crippen MR) is 77.3 cm³/mol. The van der Waals surface area contributed by atoms with Crippen LogP contribution in [0.5, 0.6) is 0 Å². The average molecular weight is 259 g/mol. The third kappa shape index (κ3) is 3.35. The van der Waals surface area contributed by atoms with Gasteiger partial charge in [0.05, 0.1) is 25.0 Å². The Balaban J connectivity index is 2.06. The zero-order valence-corrected chi connectivity index (χ0v) is 11.7. The fourth-order valence-corrected chi connectivity index (χ4v) is 2.03. The molecule has 19 heavy (non-hydrogen) atoms. The van der Waals surface area contributed by atoms with Gasteiger partial charge in [0.2, 0.25) is 0 Å². The van der Waals surface area contributed by atoms with Gasteiger partial charge in [0.15, 0.2) is 0 Å². The summed E-state index contributed by atoms with van der Waals surface area (Å²) in [5, 5.41) is 16.5. The summed E-state index contributed by atoms with van der Waals surface area (Å²) in [6.45, 7) is 7.02. The highest BCUT2D eigenvalue weighted by Crippen LogP contribution is 2.21. The highest BCUT2D eigenvalue weighted by Gasteiger charge is 2.07. The van der Waals surface area contributed by atoms with E-state index in [1.54, 1.807) is 10.9 Å². The summed E-state index contributed by atoms with van der Waals surface area (Å²) in [6, 6.07) is 6.74. The third-order valence-electron chi connectivity index (χ3n) is 3.38. The largest absolute Gasteiger partial charge is 0.394 e. The molecule has 4 nitrogen and oxygen atoms in total. The van der Waals surface area contributed by atoms with E-state index in [1.807, 2.05) is 6.20 Å². The van der Waals surface area contributed by atoms with Crippen molar-refractivity contribution in [1.82, 2.24) is 9.78 Å². The summed E-state index contributed by atoms with van der Waals surface area (Å²) < 4.78 is 1.73. The van der Waals surface area contributed by atoms with E-state index in [4.69, 9.17) is 5.11 Å². The van der Waals surface area contributed by atoms with Gasteiger partial charge in [-0.15, -0.1) is 0 Å². The first-order valence-electron chi connectivity index (χ1n) is 6.57. The van der Waals surface area contributed by atoms with Gasteiger partial charge in [0, 0.05) is 12.2 Å². The number of nitrogens with one attached hydrogen (secondary N) is 1. The van der Waals surface area contributed by atoms with Crippen LogP contribution in [0.2, 0.25) is 0 Å². The monoisotopic (exact) mass is 259 g/mol. The lowest BCUT2D eigenvalue weighted by molar-refractivity contribution is 0.269. The Bertz CT molecular complexity index is 548. The van der Waals surface area contributed by atoms with Crippen molar-refractivity contribution in [1.29, 1.82) is 0 Å². The summed E-state index contributed by atoms with van der Waals surface area (Å²) in [6.07, 6.45) is 3.70. The van der Waals surface area contributed by atoms with Gasteiger partial charge in [-0.05, 0) is 37.5 Å². The minimum atomic E-state index is 0.105. The number of rotatable bonds is 5. The Kier molecular flexibility index (Phi) is 4.22. The minimum Gasteiger partial charge on any atom is -0.394 e. The van der Waals surface area contributed by atoms with E-state index in [2.05, 4.69) is 49.4 Å². The van der Waals surface area contributed by atoms with Crippen molar-refractivity contribution >= 4 is 5.69 Å². The number of benzene rings is 1. The van der Waals surface area contributed by atoms with Crippen LogP contribution in [0.4, 0.5) is 5.69 Å². The molecule has 1 aromatic carbocycles. The quantitative estimate of drug-likeness (QED) is 0.868. The van der Waals surface area contributed by atoms with Crippen LogP contribution in [0.3, 0.4) is 0 Å². The molecule has 0 amide bonds. The van der Waals surface area contributed by atoms with E-state index in [-0.39, 0.29) is 12.6 Å². The summed E-state index contributed by atoms with van der Waals surface area (Å²) in [5.41, 5.74) is 4.85. The lowest BCUT2D eigenvalue weighted by Gasteiger charge is -2.15. The molecule has 0 aliphatic rings. The number of nitrogens with zero attached hydrogens (tertiary/aromatic N) is 2. The number of aliphatic hydroxyl groups is 1. The predicted octanol–water partition coefficient (Wildman–Crippen LogP) is 2.67. The van der Waals surface area contributed by atoms with E-state index in [1.165, 1.54) is 16.7 Å².